The number of carbonyl (C=O) groups is 4. The molecular formula is C29H50N6O8. The first-order valence-electron chi connectivity index (χ1n) is 14.6. The van der Waals surface area contributed by atoms with Crippen LogP contribution in [0.3, 0.4) is 0 Å². The second-order valence-corrected chi connectivity index (χ2v) is 13.0. The van der Waals surface area contributed by atoms with Crippen LogP contribution in [-0.2, 0) is 30.5 Å². The number of rotatable bonds is 16. The van der Waals surface area contributed by atoms with Crippen molar-refractivity contribution in [3.8, 4) is 5.88 Å². The van der Waals surface area contributed by atoms with E-state index in [4.69, 9.17) is 4.74 Å². The fourth-order valence-corrected chi connectivity index (χ4v) is 4.65. The van der Waals surface area contributed by atoms with E-state index in [9.17, 15) is 34.5 Å². The summed E-state index contributed by atoms with van der Waals surface area (Å²) in [6, 6.07) is 1.60. The van der Waals surface area contributed by atoms with Gasteiger partial charge in [-0.25, -0.2) is 0 Å². The minimum absolute atomic E-state index is 0.0297. The van der Waals surface area contributed by atoms with E-state index in [-0.39, 0.29) is 54.7 Å². The topological polar surface area (TPSA) is 177 Å². The molecular weight excluding hydrogens is 560 g/mol. The second kappa shape index (κ2) is 16.6. The molecule has 0 unspecified atom stereocenters. The number of carboxylic acids is 2. The average molecular weight is 611 g/mol. The number of carboxylic acid groups (broad SMARTS) is 2. The van der Waals surface area contributed by atoms with E-state index >= 15 is 0 Å². The zero-order chi connectivity index (χ0) is 32.2. The highest BCUT2D eigenvalue weighted by molar-refractivity contribution is 5.78. The summed E-state index contributed by atoms with van der Waals surface area (Å²) in [6.45, 7) is 14.0. The highest BCUT2D eigenvalue weighted by Gasteiger charge is 2.25. The van der Waals surface area contributed by atoms with Crippen molar-refractivity contribution in [3.63, 3.8) is 0 Å². The molecule has 244 valence electrons. The third kappa shape index (κ3) is 14.7. The Kier molecular flexibility index (Phi) is 13.9. The van der Waals surface area contributed by atoms with Crippen LogP contribution in [0, 0.1) is 17.8 Å². The average Bonchev–Trinajstić information content (AvgIpc) is 3.24. The molecule has 1 aliphatic heterocycles. The predicted molar refractivity (Wildman–Crippen MR) is 160 cm³/mol. The minimum Gasteiger partial charge on any atom is -0.494 e. The van der Waals surface area contributed by atoms with Gasteiger partial charge in [0.25, 0.3) is 0 Å². The fourth-order valence-electron chi connectivity index (χ4n) is 4.65. The molecule has 2 rings (SSSR count). The van der Waals surface area contributed by atoms with Gasteiger partial charge < -0.3 is 35.3 Å². The number of hydrogen-bond donors (Lipinski definition) is 5. The second-order valence-electron chi connectivity index (χ2n) is 13.0. The van der Waals surface area contributed by atoms with Crippen LogP contribution in [0.2, 0.25) is 0 Å². The van der Waals surface area contributed by atoms with Crippen LogP contribution in [-0.4, -0.2) is 144 Å². The van der Waals surface area contributed by atoms with Crippen molar-refractivity contribution >= 4 is 23.8 Å². The number of nitrogens with one attached hydrogen (secondary N) is 2. The summed E-state index contributed by atoms with van der Waals surface area (Å²) in [5, 5.41) is 34.2. The zero-order valence-corrected chi connectivity index (χ0v) is 26.2. The van der Waals surface area contributed by atoms with Crippen molar-refractivity contribution in [2.24, 2.45) is 10.8 Å². The largest absolute Gasteiger partial charge is 0.494 e. The van der Waals surface area contributed by atoms with Crippen molar-refractivity contribution in [1.82, 2.24) is 29.9 Å². The Balaban J connectivity index is 1.77. The molecule has 0 aromatic carbocycles. The Morgan fingerprint density at radius 3 is 1.51 bits per heavy atom. The van der Waals surface area contributed by atoms with E-state index < -0.39 is 11.9 Å². The molecule has 43 heavy (non-hydrogen) atoms. The lowest BCUT2D eigenvalue weighted by Crippen LogP contribution is -2.45. The summed E-state index contributed by atoms with van der Waals surface area (Å²) in [5.41, 5.74) is 0.180. The summed E-state index contributed by atoms with van der Waals surface area (Å²) < 4.78 is 7.47. The van der Waals surface area contributed by atoms with Crippen molar-refractivity contribution < 1.29 is 39.2 Å². The summed E-state index contributed by atoms with van der Waals surface area (Å²) in [4.78, 5) is 53.1. The molecule has 1 aromatic rings. The van der Waals surface area contributed by atoms with Crippen LogP contribution in [0.5, 0.6) is 5.88 Å². The number of ether oxygens (including phenoxy) is 1. The lowest BCUT2D eigenvalue weighted by Gasteiger charge is -2.30. The highest BCUT2D eigenvalue weighted by atomic mass is 16.5. The normalized spacial score (nSPS) is 16.2. The van der Waals surface area contributed by atoms with Crippen LogP contribution in [0.25, 0.3) is 0 Å². The molecule has 5 N–H and O–H groups in total. The number of amides is 2. The Morgan fingerprint density at radius 1 is 0.744 bits per heavy atom. The van der Waals surface area contributed by atoms with Gasteiger partial charge in [0, 0.05) is 75.5 Å². The van der Waals surface area contributed by atoms with Gasteiger partial charge in [-0.1, -0.05) is 27.7 Å². The van der Waals surface area contributed by atoms with Gasteiger partial charge in [-0.2, -0.15) is 0 Å². The van der Waals surface area contributed by atoms with Gasteiger partial charge in [0.2, 0.25) is 11.8 Å². The molecule has 2 amide bonds. The smallest absolute Gasteiger partial charge is 0.317 e. The third-order valence-corrected chi connectivity index (χ3v) is 7.12. The van der Waals surface area contributed by atoms with Crippen molar-refractivity contribution in [1.29, 1.82) is 0 Å². The molecule has 0 atom stereocenters. The van der Waals surface area contributed by atoms with Crippen molar-refractivity contribution in [3.05, 3.63) is 17.8 Å². The molecule has 14 nitrogen and oxygen atoms in total. The molecule has 1 fully saturated rings. The first kappa shape index (κ1) is 36.0. The molecule has 14 heteroatoms. The molecule has 2 heterocycles. The van der Waals surface area contributed by atoms with Crippen LogP contribution >= 0.6 is 0 Å². The first-order valence-corrected chi connectivity index (χ1v) is 14.6. The third-order valence-electron chi connectivity index (χ3n) is 7.12. The number of aryl methyl sites for hydroxylation is 1. The molecule has 0 aliphatic carbocycles. The van der Waals surface area contributed by atoms with Gasteiger partial charge in [-0.3, -0.25) is 33.9 Å². The lowest BCUT2D eigenvalue weighted by molar-refractivity contribution is -0.140. The number of aromatic hydroxyl groups is 1. The van der Waals surface area contributed by atoms with Crippen LogP contribution in [0.15, 0.2) is 12.3 Å². The summed E-state index contributed by atoms with van der Waals surface area (Å²) in [5.74, 6) is -2.23. The Hall–Kier alpha value is -3.20. The minimum atomic E-state index is -0.949. The van der Waals surface area contributed by atoms with Gasteiger partial charge in [-0.15, -0.1) is 0 Å². The highest BCUT2D eigenvalue weighted by Crippen LogP contribution is 2.19. The maximum Gasteiger partial charge on any atom is 0.317 e. The molecule has 1 aliphatic rings. The van der Waals surface area contributed by atoms with Crippen molar-refractivity contribution in [2.75, 3.05) is 85.2 Å². The summed E-state index contributed by atoms with van der Waals surface area (Å²) in [6.07, 6.45) is 1.71. The Morgan fingerprint density at radius 2 is 1.14 bits per heavy atom. The van der Waals surface area contributed by atoms with E-state index in [0.29, 0.717) is 65.6 Å². The standard InChI is InChI=1S/C29H50N6O8/c1-22-12-25(38)35(13-22)15-24(37)31-19-29(4,5)21-43-20-28(2,3)18-30-23(36)14-32-6-8-33(16-26(39)40)10-11-34(9-7-32)17-27(41)42/h12-13,38H,6-11,14-21H2,1-5H3,(H,30,36)(H,31,37)(H,39,40)(H,41,42). The van der Waals surface area contributed by atoms with Gasteiger partial charge in [0.05, 0.1) is 32.8 Å². The van der Waals surface area contributed by atoms with E-state index in [1.807, 2.05) is 39.5 Å². The predicted octanol–water partition coefficient (Wildman–Crippen LogP) is -0.108. The van der Waals surface area contributed by atoms with Gasteiger partial charge in [0.1, 0.15) is 6.54 Å². The molecule has 0 spiro atoms. The van der Waals surface area contributed by atoms with Crippen molar-refractivity contribution in [2.45, 2.75) is 41.2 Å². The van der Waals surface area contributed by atoms with Gasteiger partial charge in [0.15, 0.2) is 5.88 Å². The van der Waals surface area contributed by atoms with Gasteiger partial charge in [-0.05, 0) is 12.5 Å². The number of nitrogens with zero attached hydrogens (tertiary/aromatic N) is 4. The monoisotopic (exact) mass is 610 g/mol. The van der Waals surface area contributed by atoms with Crippen LogP contribution in [0.4, 0.5) is 0 Å². The maximum atomic E-state index is 12.8. The van der Waals surface area contributed by atoms with Gasteiger partial charge >= 0.3 is 11.9 Å². The summed E-state index contributed by atoms with van der Waals surface area (Å²) in [7, 11) is 0. The lowest BCUT2D eigenvalue weighted by atomic mass is 9.93. The molecule has 1 aromatic heterocycles. The fraction of sp³-hybridized carbons (Fsp3) is 0.724. The molecule has 1 saturated heterocycles. The van der Waals surface area contributed by atoms with Crippen LogP contribution < -0.4 is 10.6 Å². The maximum absolute atomic E-state index is 12.8. The van der Waals surface area contributed by atoms with E-state index in [1.54, 1.807) is 22.1 Å². The number of aliphatic carboxylic acids is 2. The van der Waals surface area contributed by atoms with E-state index in [0.717, 1.165) is 5.56 Å². The first-order chi connectivity index (χ1) is 20.0. The SMILES string of the molecule is Cc1cc(O)n(CC(=O)NCC(C)(C)COCC(C)(C)CNC(=O)CN2CCN(CC(=O)O)CCN(CC(=O)O)CC2)c1. The zero-order valence-electron chi connectivity index (χ0n) is 26.2. The molecule has 0 radical (unpaired) electrons. The molecule has 0 bridgehead atoms. The Bertz CT molecular complexity index is 1060. The molecule has 0 saturated carbocycles. The van der Waals surface area contributed by atoms with E-state index in [1.165, 1.54) is 4.57 Å². The van der Waals surface area contributed by atoms with E-state index in [2.05, 4.69) is 10.6 Å². The number of carbonyl (C=O) groups excluding carboxylic acids is 2. The number of hydrogen-bond acceptors (Lipinski definition) is 9. The summed E-state index contributed by atoms with van der Waals surface area (Å²) >= 11 is 0. The number of aromatic nitrogens is 1. The quantitative estimate of drug-likeness (QED) is 0.169. The Labute approximate surface area is 253 Å². The van der Waals surface area contributed by atoms with Crippen LogP contribution in [0.1, 0.15) is 33.3 Å².